The van der Waals surface area contributed by atoms with Crippen LogP contribution in [0.5, 0.6) is 5.75 Å². The van der Waals surface area contributed by atoms with Crippen LogP contribution in [0.15, 0.2) is 34.2 Å². The third kappa shape index (κ3) is 3.34. The molecule has 0 saturated heterocycles. The average Bonchev–Trinajstić information content (AvgIpc) is 2.35. The summed E-state index contributed by atoms with van der Waals surface area (Å²) < 4.78 is 32.0. The highest BCUT2D eigenvalue weighted by atomic mass is 79.9. The van der Waals surface area contributed by atoms with Crippen LogP contribution < -0.4 is 14.8 Å². The average molecular weight is 347 g/mol. The molecule has 2 N–H and O–H groups in total. The Labute approximate surface area is 119 Å². The molecule has 0 unspecified atom stereocenters. The van der Waals surface area contributed by atoms with E-state index in [9.17, 15) is 13.2 Å². The Morgan fingerprint density at radius 2 is 2.26 bits per heavy atom. The van der Waals surface area contributed by atoms with E-state index in [0.717, 1.165) is 0 Å². The molecular formula is C11H11BrN2O4S. The second kappa shape index (κ2) is 5.32. The van der Waals surface area contributed by atoms with Gasteiger partial charge in [0.05, 0.1) is 10.6 Å². The van der Waals surface area contributed by atoms with Crippen molar-refractivity contribution in [3.05, 3.63) is 29.3 Å². The van der Waals surface area contributed by atoms with E-state index in [1.807, 2.05) is 0 Å². The summed E-state index contributed by atoms with van der Waals surface area (Å²) in [6.45, 7) is 3.56. The van der Waals surface area contributed by atoms with E-state index >= 15 is 0 Å². The Kier molecular flexibility index (Phi) is 3.93. The smallest absolute Gasteiger partial charge is 0.262 e. The van der Waals surface area contributed by atoms with Gasteiger partial charge in [-0.1, -0.05) is 22.5 Å². The second-order valence-electron chi connectivity index (χ2n) is 3.84. The van der Waals surface area contributed by atoms with Crippen LogP contribution in [0.25, 0.3) is 0 Å². The van der Waals surface area contributed by atoms with Gasteiger partial charge in [-0.2, -0.15) is 0 Å². The first-order valence-electron chi connectivity index (χ1n) is 5.28. The van der Waals surface area contributed by atoms with Crippen LogP contribution in [0.2, 0.25) is 0 Å². The standard InChI is InChI=1S/C11H11BrN2O4S/c1-7(12)5-13-19(16,17)8-2-3-10-9(4-8)14-11(15)6-18-10/h2-4,13H,1,5-6H2,(H,14,15). The summed E-state index contributed by atoms with van der Waals surface area (Å²) in [5.41, 5.74) is 0.344. The summed E-state index contributed by atoms with van der Waals surface area (Å²) in [6.07, 6.45) is 0. The lowest BCUT2D eigenvalue weighted by molar-refractivity contribution is -0.118. The normalized spacial score (nSPS) is 14.3. The van der Waals surface area contributed by atoms with Crippen LogP contribution in [-0.4, -0.2) is 27.5 Å². The third-order valence-electron chi connectivity index (χ3n) is 2.35. The number of fused-ring (bicyclic) bond motifs is 1. The van der Waals surface area contributed by atoms with Gasteiger partial charge >= 0.3 is 0 Å². The van der Waals surface area contributed by atoms with Gasteiger partial charge in [-0.15, -0.1) is 0 Å². The monoisotopic (exact) mass is 346 g/mol. The van der Waals surface area contributed by atoms with Crippen molar-refractivity contribution in [2.75, 3.05) is 18.5 Å². The first-order chi connectivity index (χ1) is 8.88. The Balaban J connectivity index is 2.28. The highest BCUT2D eigenvalue weighted by Gasteiger charge is 2.20. The number of rotatable bonds is 4. The molecular weight excluding hydrogens is 336 g/mol. The minimum atomic E-state index is -3.65. The zero-order valence-corrected chi connectivity index (χ0v) is 12.2. The van der Waals surface area contributed by atoms with Gasteiger partial charge in [0.25, 0.3) is 5.91 Å². The molecule has 0 aliphatic carbocycles. The number of anilines is 1. The predicted molar refractivity (Wildman–Crippen MR) is 73.8 cm³/mol. The molecule has 0 saturated carbocycles. The van der Waals surface area contributed by atoms with Gasteiger partial charge in [0.15, 0.2) is 6.61 Å². The Morgan fingerprint density at radius 3 is 2.95 bits per heavy atom. The number of halogens is 1. The van der Waals surface area contributed by atoms with Crippen LogP contribution in [-0.2, 0) is 14.8 Å². The number of carbonyl (C=O) groups excluding carboxylic acids is 1. The number of nitrogens with one attached hydrogen (secondary N) is 2. The minimum absolute atomic E-state index is 0.0470. The fourth-order valence-electron chi connectivity index (χ4n) is 1.49. The van der Waals surface area contributed by atoms with Crippen LogP contribution >= 0.6 is 15.9 Å². The van der Waals surface area contributed by atoms with E-state index < -0.39 is 10.0 Å². The van der Waals surface area contributed by atoms with Crippen molar-refractivity contribution in [1.29, 1.82) is 0 Å². The number of benzene rings is 1. The van der Waals surface area contributed by atoms with E-state index in [1.54, 1.807) is 0 Å². The number of carbonyl (C=O) groups is 1. The molecule has 8 heteroatoms. The van der Waals surface area contributed by atoms with Crippen LogP contribution in [0.1, 0.15) is 0 Å². The summed E-state index contributed by atoms with van der Waals surface area (Å²) in [6, 6.07) is 4.27. The topological polar surface area (TPSA) is 84.5 Å². The molecule has 0 atom stereocenters. The van der Waals surface area contributed by atoms with Gasteiger partial charge < -0.3 is 10.1 Å². The maximum absolute atomic E-state index is 12.0. The van der Waals surface area contributed by atoms with E-state index in [1.165, 1.54) is 18.2 Å². The lowest BCUT2D eigenvalue weighted by atomic mass is 10.2. The maximum Gasteiger partial charge on any atom is 0.262 e. The summed E-state index contributed by atoms with van der Waals surface area (Å²) >= 11 is 3.07. The molecule has 19 heavy (non-hydrogen) atoms. The SMILES string of the molecule is C=C(Br)CNS(=O)(=O)c1ccc2c(c1)NC(=O)CO2. The van der Waals surface area contributed by atoms with Gasteiger partial charge in [0.2, 0.25) is 10.0 Å². The fourth-order valence-corrected chi connectivity index (χ4v) is 2.86. The third-order valence-corrected chi connectivity index (χ3v) is 4.03. The largest absolute Gasteiger partial charge is 0.482 e. The molecule has 1 aromatic carbocycles. The van der Waals surface area contributed by atoms with Crippen LogP contribution in [0.4, 0.5) is 5.69 Å². The van der Waals surface area contributed by atoms with Gasteiger partial charge in [-0.25, -0.2) is 13.1 Å². The van der Waals surface area contributed by atoms with Crippen LogP contribution in [0, 0.1) is 0 Å². The first kappa shape index (κ1) is 14.0. The zero-order chi connectivity index (χ0) is 14.0. The van der Waals surface area contributed by atoms with Crippen molar-refractivity contribution in [3.8, 4) is 5.75 Å². The van der Waals surface area contributed by atoms with Gasteiger partial charge in [0.1, 0.15) is 5.75 Å². The number of ether oxygens (including phenoxy) is 1. The number of amides is 1. The highest BCUT2D eigenvalue weighted by Crippen LogP contribution is 2.29. The van der Waals surface area contributed by atoms with Crippen molar-refractivity contribution >= 4 is 37.5 Å². The van der Waals surface area contributed by atoms with Crippen molar-refractivity contribution in [2.24, 2.45) is 0 Å². The first-order valence-corrected chi connectivity index (χ1v) is 7.56. The molecule has 1 amide bonds. The molecule has 102 valence electrons. The summed E-state index contributed by atoms with van der Waals surface area (Å²) in [4.78, 5) is 11.2. The molecule has 0 spiro atoms. The molecule has 6 nitrogen and oxygen atoms in total. The number of hydrogen-bond donors (Lipinski definition) is 2. The summed E-state index contributed by atoms with van der Waals surface area (Å²) in [5.74, 6) is 0.132. The van der Waals surface area contributed by atoms with Gasteiger partial charge in [-0.3, -0.25) is 4.79 Å². The minimum Gasteiger partial charge on any atom is -0.482 e. The molecule has 0 radical (unpaired) electrons. The van der Waals surface area contributed by atoms with E-state index in [2.05, 4.69) is 32.5 Å². The highest BCUT2D eigenvalue weighted by molar-refractivity contribution is 9.11. The van der Waals surface area contributed by atoms with E-state index in [4.69, 9.17) is 4.74 Å². The summed E-state index contributed by atoms with van der Waals surface area (Å²) in [7, 11) is -3.65. The molecule has 2 rings (SSSR count). The molecule has 1 aromatic rings. The molecule has 0 bridgehead atoms. The molecule has 1 aliphatic rings. The van der Waals surface area contributed by atoms with E-state index in [0.29, 0.717) is 15.9 Å². The predicted octanol–water partition coefficient (Wildman–Crippen LogP) is 1.20. The molecule has 1 aliphatic heterocycles. The van der Waals surface area contributed by atoms with Crippen LogP contribution in [0.3, 0.4) is 0 Å². The molecule has 0 aromatic heterocycles. The number of hydrogen-bond acceptors (Lipinski definition) is 4. The summed E-state index contributed by atoms with van der Waals surface area (Å²) in [5, 5.41) is 2.55. The van der Waals surface area contributed by atoms with Gasteiger partial charge in [-0.05, 0) is 18.2 Å². The van der Waals surface area contributed by atoms with Crippen molar-refractivity contribution in [3.63, 3.8) is 0 Å². The zero-order valence-electron chi connectivity index (χ0n) is 9.77. The van der Waals surface area contributed by atoms with Gasteiger partial charge in [0, 0.05) is 11.0 Å². The molecule has 0 fully saturated rings. The Morgan fingerprint density at radius 1 is 1.53 bits per heavy atom. The lowest BCUT2D eigenvalue weighted by Crippen LogP contribution is -2.27. The lowest BCUT2D eigenvalue weighted by Gasteiger charge is -2.18. The fraction of sp³-hybridized carbons (Fsp3) is 0.182. The quantitative estimate of drug-likeness (QED) is 0.857. The van der Waals surface area contributed by atoms with Crippen molar-refractivity contribution in [2.45, 2.75) is 4.90 Å². The second-order valence-corrected chi connectivity index (χ2v) is 6.73. The Bertz CT molecular complexity index is 642. The van der Waals surface area contributed by atoms with E-state index in [-0.39, 0.29) is 24.0 Å². The van der Waals surface area contributed by atoms with Crippen molar-refractivity contribution in [1.82, 2.24) is 4.72 Å². The Hall–Kier alpha value is -1.38. The maximum atomic E-state index is 12.0. The molecule has 1 heterocycles. The number of sulfonamides is 1. The van der Waals surface area contributed by atoms with Crippen molar-refractivity contribution < 1.29 is 17.9 Å².